The maximum absolute atomic E-state index is 12.2. The highest BCUT2D eigenvalue weighted by atomic mass is 19.4. The summed E-state index contributed by atoms with van der Waals surface area (Å²) < 4.78 is 41.8. The molecule has 0 atom stereocenters. The van der Waals surface area contributed by atoms with Crippen molar-refractivity contribution in [1.82, 2.24) is 9.78 Å². The van der Waals surface area contributed by atoms with Gasteiger partial charge in [-0.05, 0) is 12.1 Å². The molecule has 7 heteroatoms. The molecular formula is C14H13F3N2O2. The summed E-state index contributed by atoms with van der Waals surface area (Å²) in [4.78, 5) is 11.6. The van der Waals surface area contributed by atoms with E-state index in [1.807, 2.05) is 13.8 Å². The maximum atomic E-state index is 12.2. The van der Waals surface area contributed by atoms with E-state index < -0.39 is 6.36 Å². The molecule has 0 radical (unpaired) electrons. The molecule has 0 saturated heterocycles. The minimum absolute atomic E-state index is 0.0837. The Kier molecular flexibility index (Phi) is 4.02. The minimum Gasteiger partial charge on any atom is -0.406 e. The second-order valence-electron chi connectivity index (χ2n) is 4.71. The average molecular weight is 298 g/mol. The lowest BCUT2D eigenvalue weighted by Gasteiger charge is -2.12. The number of halogens is 3. The molecule has 2 rings (SSSR count). The number of hydrogen-bond acceptors (Lipinski definition) is 3. The van der Waals surface area contributed by atoms with Crippen molar-refractivity contribution >= 4 is 0 Å². The molecule has 2 aromatic rings. The largest absolute Gasteiger partial charge is 0.573 e. The second kappa shape index (κ2) is 5.59. The first-order chi connectivity index (χ1) is 9.76. The van der Waals surface area contributed by atoms with Gasteiger partial charge in [-0.15, -0.1) is 13.2 Å². The summed E-state index contributed by atoms with van der Waals surface area (Å²) in [7, 11) is 0. The lowest BCUT2D eigenvalue weighted by molar-refractivity contribution is -0.274. The van der Waals surface area contributed by atoms with Gasteiger partial charge >= 0.3 is 6.36 Å². The van der Waals surface area contributed by atoms with Crippen molar-refractivity contribution in [3.05, 3.63) is 52.4 Å². The van der Waals surface area contributed by atoms with Crippen LogP contribution in [0.1, 0.15) is 25.5 Å². The number of alkyl halides is 3. The highest BCUT2D eigenvalue weighted by molar-refractivity contribution is 5.38. The average Bonchev–Trinajstić information content (AvgIpc) is 2.37. The number of hydrogen-bond donors (Lipinski definition) is 0. The van der Waals surface area contributed by atoms with E-state index in [0.717, 1.165) is 0 Å². The van der Waals surface area contributed by atoms with Crippen molar-refractivity contribution in [1.29, 1.82) is 0 Å². The van der Waals surface area contributed by atoms with Gasteiger partial charge in [0.25, 0.3) is 0 Å². The third-order valence-corrected chi connectivity index (χ3v) is 2.70. The summed E-state index contributed by atoms with van der Waals surface area (Å²) in [5.41, 5.74) is 0.516. The standard InChI is InChI=1S/C14H13F3N2O2/c1-9(2)13-12(20)6-7-19(18-13)10-4-3-5-11(8-10)21-14(15,16)17/h3-9H,1-2H3. The Labute approximate surface area is 118 Å². The molecule has 0 aliphatic carbocycles. The van der Waals surface area contributed by atoms with E-state index in [1.54, 1.807) is 6.07 Å². The topological polar surface area (TPSA) is 44.1 Å². The molecule has 1 aromatic heterocycles. The van der Waals surface area contributed by atoms with E-state index in [-0.39, 0.29) is 17.1 Å². The predicted octanol–water partition coefficient (Wildman–Crippen LogP) is 3.25. The second-order valence-corrected chi connectivity index (χ2v) is 4.71. The fraction of sp³-hybridized carbons (Fsp3) is 0.286. The Bertz CT molecular complexity index is 693. The molecule has 21 heavy (non-hydrogen) atoms. The van der Waals surface area contributed by atoms with Gasteiger partial charge in [-0.3, -0.25) is 4.79 Å². The highest BCUT2D eigenvalue weighted by Gasteiger charge is 2.31. The number of nitrogens with zero attached hydrogens (tertiary/aromatic N) is 2. The Morgan fingerprint density at radius 2 is 1.95 bits per heavy atom. The molecular weight excluding hydrogens is 285 g/mol. The molecule has 0 saturated carbocycles. The van der Waals surface area contributed by atoms with Gasteiger partial charge in [-0.1, -0.05) is 19.9 Å². The smallest absolute Gasteiger partial charge is 0.406 e. The molecule has 0 fully saturated rings. The van der Waals surface area contributed by atoms with Crippen molar-refractivity contribution in [2.45, 2.75) is 26.1 Å². The molecule has 1 heterocycles. The summed E-state index contributed by atoms with van der Waals surface area (Å²) >= 11 is 0. The predicted molar refractivity (Wildman–Crippen MR) is 70.6 cm³/mol. The van der Waals surface area contributed by atoms with E-state index in [0.29, 0.717) is 11.4 Å². The summed E-state index contributed by atoms with van der Waals surface area (Å²) in [6, 6.07) is 6.73. The minimum atomic E-state index is -4.75. The normalized spacial score (nSPS) is 11.7. The lowest BCUT2D eigenvalue weighted by Crippen LogP contribution is -2.18. The van der Waals surface area contributed by atoms with Crippen molar-refractivity contribution < 1.29 is 17.9 Å². The van der Waals surface area contributed by atoms with Crippen LogP contribution in [0.3, 0.4) is 0 Å². The van der Waals surface area contributed by atoms with Gasteiger partial charge in [0.15, 0.2) is 0 Å². The van der Waals surface area contributed by atoms with Crippen LogP contribution in [0.2, 0.25) is 0 Å². The van der Waals surface area contributed by atoms with E-state index in [4.69, 9.17) is 0 Å². The summed E-state index contributed by atoms with van der Waals surface area (Å²) in [5.74, 6) is -0.425. The summed E-state index contributed by atoms with van der Waals surface area (Å²) in [6.45, 7) is 3.63. The highest BCUT2D eigenvalue weighted by Crippen LogP contribution is 2.24. The fourth-order valence-corrected chi connectivity index (χ4v) is 1.79. The summed E-state index contributed by atoms with van der Waals surface area (Å²) in [6.07, 6.45) is -3.35. The van der Waals surface area contributed by atoms with Gasteiger partial charge in [0.05, 0.1) is 5.69 Å². The fourth-order valence-electron chi connectivity index (χ4n) is 1.79. The van der Waals surface area contributed by atoms with Crippen LogP contribution in [-0.4, -0.2) is 16.1 Å². The molecule has 0 unspecified atom stereocenters. The SMILES string of the molecule is CC(C)c1nn(-c2cccc(OC(F)(F)F)c2)ccc1=O. The lowest BCUT2D eigenvalue weighted by atomic mass is 10.1. The number of ether oxygens (including phenoxy) is 1. The first-order valence-electron chi connectivity index (χ1n) is 6.22. The molecule has 0 aliphatic heterocycles. The quantitative estimate of drug-likeness (QED) is 0.873. The Morgan fingerprint density at radius 3 is 2.57 bits per heavy atom. The third kappa shape index (κ3) is 3.84. The zero-order chi connectivity index (χ0) is 15.6. The van der Waals surface area contributed by atoms with Gasteiger partial charge in [-0.25, -0.2) is 4.68 Å². The van der Waals surface area contributed by atoms with E-state index in [9.17, 15) is 18.0 Å². The third-order valence-electron chi connectivity index (χ3n) is 2.70. The van der Waals surface area contributed by atoms with Crippen LogP contribution in [0.4, 0.5) is 13.2 Å². The molecule has 0 spiro atoms. The van der Waals surface area contributed by atoms with Crippen LogP contribution in [0.15, 0.2) is 41.3 Å². The molecule has 0 amide bonds. The number of rotatable bonds is 3. The Balaban J connectivity index is 2.41. The molecule has 112 valence electrons. The number of aromatic nitrogens is 2. The van der Waals surface area contributed by atoms with Gasteiger partial charge in [0.2, 0.25) is 5.43 Å². The maximum Gasteiger partial charge on any atom is 0.573 e. The van der Waals surface area contributed by atoms with E-state index in [2.05, 4.69) is 9.84 Å². The van der Waals surface area contributed by atoms with Crippen molar-refractivity contribution in [2.24, 2.45) is 0 Å². The monoisotopic (exact) mass is 298 g/mol. The van der Waals surface area contributed by atoms with Crippen LogP contribution in [0, 0.1) is 0 Å². The Hall–Kier alpha value is -2.31. The van der Waals surface area contributed by atoms with Crippen molar-refractivity contribution in [3.63, 3.8) is 0 Å². The van der Waals surface area contributed by atoms with Gasteiger partial charge < -0.3 is 4.74 Å². The van der Waals surface area contributed by atoms with Gasteiger partial charge in [0, 0.05) is 24.2 Å². The van der Waals surface area contributed by atoms with Crippen molar-refractivity contribution in [3.8, 4) is 11.4 Å². The van der Waals surface area contributed by atoms with Crippen LogP contribution in [-0.2, 0) is 0 Å². The summed E-state index contributed by atoms with van der Waals surface area (Å²) in [5, 5.41) is 4.15. The molecule has 0 N–H and O–H groups in total. The van der Waals surface area contributed by atoms with E-state index >= 15 is 0 Å². The molecule has 1 aromatic carbocycles. The zero-order valence-corrected chi connectivity index (χ0v) is 11.4. The van der Waals surface area contributed by atoms with Gasteiger partial charge in [-0.2, -0.15) is 5.10 Å². The van der Waals surface area contributed by atoms with Crippen molar-refractivity contribution in [2.75, 3.05) is 0 Å². The molecule has 4 nitrogen and oxygen atoms in total. The molecule has 0 bridgehead atoms. The zero-order valence-electron chi connectivity index (χ0n) is 11.4. The first-order valence-corrected chi connectivity index (χ1v) is 6.22. The number of benzene rings is 1. The molecule has 0 aliphatic rings. The van der Waals surface area contributed by atoms with Crippen LogP contribution >= 0.6 is 0 Å². The Morgan fingerprint density at radius 1 is 1.24 bits per heavy atom. The van der Waals surface area contributed by atoms with Crippen LogP contribution in [0.5, 0.6) is 5.75 Å². The first kappa shape index (κ1) is 15.1. The van der Waals surface area contributed by atoms with Crippen LogP contribution in [0.25, 0.3) is 5.69 Å². The van der Waals surface area contributed by atoms with Crippen LogP contribution < -0.4 is 10.2 Å². The van der Waals surface area contributed by atoms with E-state index in [1.165, 1.54) is 35.1 Å². The van der Waals surface area contributed by atoms with Gasteiger partial charge in [0.1, 0.15) is 11.4 Å².